The molecule has 1 aromatic heterocycles. The van der Waals surface area contributed by atoms with E-state index in [0.717, 1.165) is 23.7 Å². The monoisotopic (exact) mass is 250 g/mol. The molecule has 1 aromatic carbocycles. The molecule has 0 amide bonds. The standard InChI is InChI=1S/C13H15ClN2O/c1-10-3-4-12(14)9-13(10)17-8-7-16-6-5-15-11(16)2/h3-6,9H,7-8H2,1-2H3. The summed E-state index contributed by atoms with van der Waals surface area (Å²) in [6, 6.07) is 5.67. The van der Waals surface area contributed by atoms with E-state index in [9.17, 15) is 0 Å². The van der Waals surface area contributed by atoms with Crippen LogP contribution < -0.4 is 4.74 Å². The largest absolute Gasteiger partial charge is 0.491 e. The molecule has 0 N–H and O–H groups in total. The molecule has 1 heterocycles. The molecule has 2 rings (SSSR count). The number of hydrogen-bond acceptors (Lipinski definition) is 2. The van der Waals surface area contributed by atoms with Crippen LogP contribution in [0.15, 0.2) is 30.6 Å². The van der Waals surface area contributed by atoms with Crippen molar-refractivity contribution < 1.29 is 4.74 Å². The molecule has 0 saturated carbocycles. The fourth-order valence-corrected chi connectivity index (χ4v) is 1.79. The Bertz CT molecular complexity index is 508. The number of nitrogens with zero attached hydrogens (tertiary/aromatic N) is 2. The van der Waals surface area contributed by atoms with Gasteiger partial charge >= 0.3 is 0 Å². The highest BCUT2D eigenvalue weighted by Crippen LogP contribution is 2.22. The quantitative estimate of drug-likeness (QED) is 0.833. The first-order chi connectivity index (χ1) is 8.16. The van der Waals surface area contributed by atoms with Gasteiger partial charge in [0.1, 0.15) is 18.2 Å². The highest BCUT2D eigenvalue weighted by Gasteiger charge is 2.01. The summed E-state index contributed by atoms with van der Waals surface area (Å²) in [6.45, 7) is 5.38. The number of aromatic nitrogens is 2. The molecule has 0 spiro atoms. The predicted octanol–water partition coefficient (Wildman–Crippen LogP) is 3.23. The number of imidazole rings is 1. The molecular formula is C13H15ClN2O. The van der Waals surface area contributed by atoms with Gasteiger partial charge in [0.15, 0.2) is 0 Å². The average molecular weight is 251 g/mol. The Balaban J connectivity index is 1.94. The number of ether oxygens (including phenoxy) is 1. The summed E-state index contributed by atoms with van der Waals surface area (Å²) in [6.07, 6.45) is 3.74. The van der Waals surface area contributed by atoms with Gasteiger partial charge in [-0.15, -0.1) is 0 Å². The van der Waals surface area contributed by atoms with Gasteiger partial charge in [0.25, 0.3) is 0 Å². The zero-order chi connectivity index (χ0) is 12.3. The predicted molar refractivity (Wildman–Crippen MR) is 68.6 cm³/mol. The smallest absolute Gasteiger partial charge is 0.123 e. The molecular weight excluding hydrogens is 236 g/mol. The first kappa shape index (κ1) is 12.0. The van der Waals surface area contributed by atoms with Crippen molar-refractivity contribution in [3.05, 3.63) is 47.0 Å². The molecule has 0 aliphatic carbocycles. The van der Waals surface area contributed by atoms with Crippen LogP contribution in [-0.4, -0.2) is 16.2 Å². The van der Waals surface area contributed by atoms with E-state index < -0.39 is 0 Å². The summed E-state index contributed by atoms with van der Waals surface area (Å²) in [5.74, 6) is 1.84. The minimum atomic E-state index is 0.610. The van der Waals surface area contributed by atoms with Crippen LogP contribution in [0.1, 0.15) is 11.4 Å². The molecule has 0 bridgehead atoms. The Kier molecular flexibility index (Phi) is 3.69. The van der Waals surface area contributed by atoms with Gasteiger partial charge in [-0.05, 0) is 31.5 Å². The molecule has 2 aromatic rings. The SMILES string of the molecule is Cc1ccc(Cl)cc1OCCn1ccnc1C. The van der Waals surface area contributed by atoms with Gasteiger partial charge in [0.2, 0.25) is 0 Å². The fourth-order valence-electron chi connectivity index (χ4n) is 1.62. The van der Waals surface area contributed by atoms with E-state index in [1.807, 2.05) is 38.2 Å². The van der Waals surface area contributed by atoms with Gasteiger partial charge in [-0.1, -0.05) is 17.7 Å². The summed E-state index contributed by atoms with van der Waals surface area (Å²) in [5.41, 5.74) is 1.09. The zero-order valence-electron chi connectivity index (χ0n) is 9.98. The van der Waals surface area contributed by atoms with E-state index in [0.29, 0.717) is 11.6 Å². The number of aryl methyl sites for hydroxylation is 2. The molecule has 0 fully saturated rings. The van der Waals surface area contributed by atoms with E-state index in [-0.39, 0.29) is 0 Å². The van der Waals surface area contributed by atoms with Crippen LogP contribution in [0.25, 0.3) is 0 Å². The maximum atomic E-state index is 5.93. The van der Waals surface area contributed by atoms with Gasteiger partial charge in [-0.3, -0.25) is 0 Å². The van der Waals surface area contributed by atoms with Crippen LogP contribution >= 0.6 is 11.6 Å². The van der Waals surface area contributed by atoms with Crippen LogP contribution in [0.5, 0.6) is 5.75 Å². The van der Waals surface area contributed by atoms with Crippen LogP contribution in [0.3, 0.4) is 0 Å². The van der Waals surface area contributed by atoms with E-state index in [1.54, 1.807) is 6.20 Å². The topological polar surface area (TPSA) is 27.1 Å². The Labute approximate surface area is 106 Å². The summed E-state index contributed by atoms with van der Waals surface area (Å²) in [7, 11) is 0. The van der Waals surface area contributed by atoms with Crippen molar-refractivity contribution in [2.45, 2.75) is 20.4 Å². The summed E-state index contributed by atoms with van der Waals surface area (Å²) in [4.78, 5) is 4.16. The van der Waals surface area contributed by atoms with Crippen molar-refractivity contribution in [2.75, 3.05) is 6.61 Å². The second kappa shape index (κ2) is 5.23. The normalized spacial score (nSPS) is 10.5. The Morgan fingerprint density at radius 3 is 2.88 bits per heavy atom. The number of rotatable bonds is 4. The molecule has 0 saturated heterocycles. The first-order valence-corrected chi connectivity index (χ1v) is 5.91. The van der Waals surface area contributed by atoms with Gasteiger partial charge in [-0.25, -0.2) is 4.98 Å². The van der Waals surface area contributed by atoms with Crippen molar-refractivity contribution in [2.24, 2.45) is 0 Å². The Morgan fingerprint density at radius 2 is 2.18 bits per heavy atom. The van der Waals surface area contributed by atoms with Crippen LogP contribution in [0.2, 0.25) is 5.02 Å². The fraction of sp³-hybridized carbons (Fsp3) is 0.308. The third-order valence-electron chi connectivity index (χ3n) is 2.66. The minimum Gasteiger partial charge on any atom is -0.491 e. The van der Waals surface area contributed by atoms with E-state index in [4.69, 9.17) is 16.3 Å². The summed E-state index contributed by atoms with van der Waals surface area (Å²) >= 11 is 5.93. The molecule has 4 heteroatoms. The molecule has 0 atom stereocenters. The van der Waals surface area contributed by atoms with Gasteiger partial charge in [-0.2, -0.15) is 0 Å². The van der Waals surface area contributed by atoms with Gasteiger partial charge < -0.3 is 9.30 Å². The van der Waals surface area contributed by atoms with Gasteiger partial charge in [0, 0.05) is 17.4 Å². The molecule has 0 unspecified atom stereocenters. The summed E-state index contributed by atoms with van der Waals surface area (Å²) < 4.78 is 7.77. The van der Waals surface area contributed by atoms with Crippen molar-refractivity contribution in [3.8, 4) is 5.75 Å². The average Bonchev–Trinajstić information content (AvgIpc) is 2.70. The lowest BCUT2D eigenvalue weighted by Crippen LogP contribution is -2.09. The zero-order valence-corrected chi connectivity index (χ0v) is 10.7. The van der Waals surface area contributed by atoms with Crippen molar-refractivity contribution in [1.82, 2.24) is 9.55 Å². The van der Waals surface area contributed by atoms with Crippen LogP contribution in [-0.2, 0) is 6.54 Å². The van der Waals surface area contributed by atoms with Crippen molar-refractivity contribution in [3.63, 3.8) is 0 Å². The molecule has 0 aliphatic rings. The maximum absolute atomic E-state index is 5.93. The highest BCUT2D eigenvalue weighted by molar-refractivity contribution is 6.30. The molecule has 0 aliphatic heterocycles. The van der Waals surface area contributed by atoms with Crippen molar-refractivity contribution >= 4 is 11.6 Å². The van der Waals surface area contributed by atoms with Gasteiger partial charge in [0.05, 0.1) is 6.54 Å². The minimum absolute atomic E-state index is 0.610. The Morgan fingerprint density at radius 1 is 1.35 bits per heavy atom. The third kappa shape index (κ3) is 3.01. The highest BCUT2D eigenvalue weighted by atomic mass is 35.5. The van der Waals surface area contributed by atoms with Crippen LogP contribution in [0.4, 0.5) is 0 Å². The molecule has 90 valence electrons. The number of hydrogen-bond donors (Lipinski definition) is 0. The summed E-state index contributed by atoms with van der Waals surface area (Å²) in [5, 5.41) is 0.699. The van der Waals surface area contributed by atoms with E-state index in [1.165, 1.54) is 0 Å². The molecule has 0 radical (unpaired) electrons. The van der Waals surface area contributed by atoms with Crippen molar-refractivity contribution in [1.29, 1.82) is 0 Å². The first-order valence-electron chi connectivity index (χ1n) is 5.53. The lowest BCUT2D eigenvalue weighted by Gasteiger charge is -2.10. The van der Waals surface area contributed by atoms with Crippen LogP contribution in [0, 0.1) is 13.8 Å². The second-order valence-corrected chi connectivity index (χ2v) is 4.36. The third-order valence-corrected chi connectivity index (χ3v) is 2.90. The van der Waals surface area contributed by atoms with E-state index >= 15 is 0 Å². The number of halogens is 1. The second-order valence-electron chi connectivity index (χ2n) is 3.93. The molecule has 17 heavy (non-hydrogen) atoms. The molecule has 3 nitrogen and oxygen atoms in total. The number of benzene rings is 1. The lowest BCUT2D eigenvalue weighted by atomic mass is 10.2. The Hall–Kier alpha value is -1.48. The van der Waals surface area contributed by atoms with E-state index in [2.05, 4.69) is 9.55 Å². The lowest BCUT2D eigenvalue weighted by molar-refractivity contribution is 0.295. The maximum Gasteiger partial charge on any atom is 0.123 e.